The van der Waals surface area contributed by atoms with Gasteiger partial charge in [-0.3, -0.25) is 9.69 Å². The van der Waals surface area contributed by atoms with E-state index in [9.17, 15) is 13.2 Å². The summed E-state index contributed by atoms with van der Waals surface area (Å²) in [5.74, 6) is 0.621. The molecule has 2 aliphatic heterocycles. The molecule has 138 valence electrons. The minimum Gasteiger partial charge on any atom is -0.490 e. The van der Waals surface area contributed by atoms with Crippen LogP contribution in [0.25, 0.3) is 0 Å². The Morgan fingerprint density at radius 3 is 2.40 bits per heavy atom. The third-order valence-corrected chi connectivity index (χ3v) is 6.48. The van der Waals surface area contributed by atoms with E-state index in [2.05, 4.69) is 0 Å². The van der Waals surface area contributed by atoms with Crippen molar-refractivity contribution in [2.24, 2.45) is 5.73 Å². The van der Waals surface area contributed by atoms with Crippen molar-refractivity contribution in [2.75, 3.05) is 39.4 Å². The molecule has 1 aromatic carbocycles. The molecule has 2 N–H and O–H groups in total. The van der Waals surface area contributed by atoms with Crippen molar-refractivity contribution in [3.05, 3.63) is 18.2 Å². The van der Waals surface area contributed by atoms with Crippen LogP contribution < -0.4 is 15.2 Å². The van der Waals surface area contributed by atoms with E-state index in [0.29, 0.717) is 50.9 Å². The average Bonchev–Trinajstić information content (AvgIpc) is 2.85. The smallest absolute Gasteiger partial charge is 0.243 e. The first-order valence-electron chi connectivity index (χ1n) is 8.33. The summed E-state index contributed by atoms with van der Waals surface area (Å²) in [7, 11) is -3.62. The number of rotatable bonds is 4. The van der Waals surface area contributed by atoms with Gasteiger partial charge >= 0.3 is 0 Å². The lowest BCUT2D eigenvalue weighted by Gasteiger charge is -2.36. The molecule has 0 saturated carbocycles. The highest BCUT2D eigenvalue weighted by Crippen LogP contribution is 2.33. The van der Waals surface area contributed by atoms with Crippen LogP contribution in [0.1, 0.15) is 13.3 Å². The molecule has 0 aromatic heterocycles. The third-order valence-electron chi connectivity index (χ3n) is 4.59. The van der Waals surface area contributed by atoms with Gasteiger partial charge in [0.05, 0.1) is 24.2 Å². The largest absolute Gasteiger partial charge is 0.490 e. The first-order valence-corrected chi connectivity index (χ1v) is 9.77. The molecule has 1 saturated heterocycles. The van der Waals surface area contributed by atoms with Gasteiger partial charge in [0.1, 0.15) is 0 Å². The summed E-state index contributed by atoms with van der Waals surface area (Å²) >= 11 is 0. The number of sulfonamides is 1. The molecular weight excluding hydrogens is 346 g/mol. The second-order valence-electron chi connectivity index (χ2n) is 6.18. The maximum atomic E-state index is 12.9. The molecule has 0 bridgehead atoms. The predicted octanol–water partition coefficient (Wildman–Crippen LogP) is 0.0280. The summed E-state index contributed by atoms with van der Waals surface area (Å²) in [6, 6.07) is 4.30. The minimum atomic E-state index is -3.62. The first kappa shape index (κ1) is 18.0. The van der Waals surface area contributed by atoms with Gasteiger partial charge in [0.2, 0.25) is 15.9 Å². The Labute approximate surface area is 147 Å². The fourth-order valence-electron chi connectivity index (χ4n) is 2.96. The molecule has 9 heteroatoms. The van der Waals surface area contributed by atoms with Gasteiger partial charge in [-0.15, -0.1) is 0 Å². The molecule has 2 heterocycles. The maximum absolute atomic E-state index is 12.9. The van der Waals surface area contributed by atoms with E-state index in [0.717, 1.165) is 6.42 Å². The van der Waals surface area contributed by atoms with Gasteiger partial charge < -0.3 is 15.2 Å². The summed E-state index contributed by atoms with van der Waals surface area (Å²) in [4.78, 5) is 13.4. The zero-order valence-electron chi connectivity index (χ0n) is 14.2. The van der Waals surface area contributed by atoms with E-state index < -0.39 is 22.0 Å². The molecule has 8 nitrogen and oxygen atoms in total. The van der Waals surface area contributed by atoms with Crippen LogP contribution in [0.2, 0.25) is 0 Å². The number of hydrogen-bond acceptors (Lipinski definition) is 6. The molecule has 0 radical (unpaired) electrons. The Balaban J connectivity index is 1.74. The number of fused-ring (bicyclic) bond motifs is 1. The van der Waals surface area contributed by atoms with Gasteiger partial charge in [0.25, 0.3) is 0 Å². The van der Waals surface area contributed by atoms with Crippen LogP contribution in [0, 0.1) is 0 Å². The van der Waals surface area contributed by atoms with Crippen LogP contribution in [0.4, 0.5) is 0 Å². The van der Waals surface area contributed by atoms with Crippen LogP contribution in [-0.4, -0.2) is 69.0 Å². The molecule has 0 unspecified atom stereocenters. The van der Waals surface area contributed by atoms with Crippen molar-refractivity contribution in [1.29, 1.82) is 0 Å². The van der Waals surface area contributed by atoms with Gasteiger partial charge in [0.15, 0.2) is 11.5 Å². The Morgan fingerprint density at radius 2 is 1.76 bits per heavy atom. The van der Waals surface area contributed by atoms with Crippen LogP contribution in [-0.2, 0) is 14.8 Å². The summed E-state index contributed by atoms with van der Waals surface area (Å²) in [6.45, 7) is 4.35. The molecule has 1 fully saturated rings. The lowest BCUT2D eigenvalue weighted by Crippen LogP contribution is -2.54. The highest BCUT2D eigenvalue weighted by Gasteiger charge is 2.31. The van der Waals surface area contributed by atoms with Crippen molar-refractivity contribution in [3.63, 3.8) is 0 Å². The van der Waals surface area contributed by atoms with Crippen LogP contribution in [0.3, 0.4) is 0 Å². The van der Waals surface area contributed by atoms with Crippen molar-refractivity contribution in [3.8, 4) is 11.5 Å². The van der Waals surface area contributed by atoms with E-state index in [4.69, 9.17) is 15.2 Å². The first-order chi connectivity index (χ1) is 11.9. The molecule has 25 heavy (non-hydrogen) atoms. The Bertz CT molecular complexity index is 744. The number of ether oxygens (including phenoxy) is 2. The molecule has 3 rings (SSSR count). The summed E-state index contributed by atoms with van der Waals surface area (Å²) in [5, 5.41) is 0. The molecule has 1 atom stereocenters. The van der Waals surface area contributed by atoms with Crippen molar-refractivity contribution in [2.45, 2.75) is 24.3 Å². The highest BCUT2D eigenvalue weighted by molar-refractivity contribution is 7.89. The SMILES string of the molecule is C[C@H](C(N)=O)N1CCN(S(=O)(=O)c2ccc3c(c2)OCCCO3)CC1. The Kier molecular flexibility index (Phi) is 5.16. The van der Waals surface area contributed by atoms with E-state index >= 15 is 0 Å². The Morgan fingerprint density at radius 1 is 1.12 bits per heavy atom. The number of piperazine rings is 1. The van der Waals surface area contributed by atoms with Gasteiger partial charge in [-0.1, -0.05) is 0 Å². The summed E-state index contributed by atoms with van der Waals surface area (Å²) < 4.78 is 38.3. The van der Waals surface area contributed by atoms with E-state index in [-0.39, 0.29) is 4.90 Å². The lowest BCUT2D eigenvalue weighted by molar-refractivity contribution is -0.123. The lowest BCUT2D eigenvalue weighted by atomic mass is 10.2. The third kappa shape index (κ3) is 3.73. The van der Waals surface area contributed by atoms with E-state index in [1.807, 2.05) is 4.90 Å². The molecule has 2 aliphatic rings. The van der Waals surface area contributed by atoms with Crippen LogP contribution in [0.15, 0.2) is 23.1 Å². The fraction of sp³-hybridized carbons (Fsp3) is 0.562. The van der Waals surface area contributed by atoms with E-state index in [1.54, 1.807) is 19.1 Å². The highest BCUT2D eigenvalue weighted by atomic mass is 32.2. The number of carbonyl (C=O) groups is 1. The maximum Gasteiger partial charge on any atom is 0.243 e. The Hall–Kier alpha value is -1.84. The topological polar surface area (TPSA) is 102 Å². The normalized spacial score (nSPS) is 20.7. The van der Waals surface area contributed by atoms with Gasteiger partial charge in [-0.25, -0.2) is 8.42 Å². The predicted molar refractivity (Wildman–Crippen MR) is 91.0 cm³/mol. The quantitative estimate of drug-likeness (QED) is 0.803. The number of hydrogen-bond donors (Lipinski definition) is 1. The number of nitrogens with zero attached hydrogens (tertiary/aromatic N) is 2. The van der Waals surface area contributed by atoms with Crippen LogP contribution >= 0.6 is 0 Å². The zero-order chi connectivity index (χ0) is 18.0. The summed E-state index contributed by atoms with van der Waals surface area (Å²) in [5.41, 5.74) is 5.32. The van der Waals surface area contributed by atoms with E-state index in [1.165, 1.54) is 10.4 Å². The molecule has 1 amide bonds. The van der Waals surface area contributed by atoms with Gasteiger partial charge in [-0.2, -0.15) is 4.31 Å². The zero-order valence-corrected chi connectivity index (χ0v) is 15.0. The second-order valence-corrected chi connectivity index (χ2v) is 8.12. The molecule has 0 aliphatic carbocycles. The number of nitrogens with two attached hydrogens (primary N) is 1. The van der Waals surface area contributed by atoms with Crippen molar-refractivity contribution < 1.29 is 22.7 Å². The monoisotopic (exact) mass is 369 g/mol. The van der Waals surface area contributed by atoms with Crippen molar-refractivity contribution >= 4 is 15.9 Å². The van der Waals surface area contributed by atoms with Gasteiger partial charge in [-0.05, 0) is 19.1 Å². The molecular formula is C16H23N3O5S. The van der Waals surface area contributed by atoms with Crippen LogP contribution in [0.5, 0.6) is 11.5 Å². The number of primary amides is 1. The minimum absolute atomic E-state index is 0.188. The average molecular weight is 369 g/mol. The number of benzene rings is 1. The molecule has 1 aromatic rings. The number of carbonyl (C=O) groups excluding carboxylic acids is 1. The van der Waals surface area contributed by atoms with Crippen molar-refractivity contribution in [1.82, 2.24) is 9.21 Å². The standard InChI is InChI=1S/C16H23N3O5S/c1-12(16(17)20)18-5-7-19(8-6-18)25(21,22)13-3-4-14-15(11-13)24-10-2-9-23-14/h3-4,11-12H,2,5-10H2,1H3,(H2,17,20)/t12-/m1/s1. The fourth-order valence-corrected chi connectivity index (χ4v) is 4.40. The second kappa shape index (κ2) is 7.19. The summed E-state index contributed by atoms with van der Waals surface area (Å²) in [6.07, 6.45) is 0.761. The molecule has 0 spiro atoms. The van der Waals surface area contributed by atoms with Gasteiger partial charge in [0, 0.05) is 38.7 Å². The number of amides is 1.